The third-order valence-corrected chi connectivity index (χ3v) is 6.41. The first-order valence-electron chi connectivity index (χ1n) is 11.8. The summed E-state index contributed by atoms with van der Waals surface area (Å²) in [6.07, 6.45) is 1.67. The van der Waals surface area contributed by atoms with Gasteiger partial charge in [-0.2, -0.15) is 0 Å². The highest BCUT2D eigenvalue weighted by Gasteiger charge is 2.44. The minimum Gasteiger partial charge on any atom is -0.491 e. The van der Waals surface area contributed by atoms with Gasteiger partial charge in [0.15, 0.2) is 0 Å². The van der Waals surface area contributed by atoms with Crippen molar-refractivity contribution < 1.29 is 14.3 Å². The molecule has 0 fully saturated rings. The number of amides is 2. The summed E-state index contributed by atoms with van der Waals surface area (Å²) >= 11 is 0. The molecule has 0 aliphatic carbocycles. The number of carbonyl (C=O) groups excluding carboxylic acids is 2. The number of para-hydroxylation sites is 2. The number of hydrogen-bond acceptors (Lipinski definition) is 4. The molecule has 2 heterocycles. The van der Waals surface area contributed by atoms with Gasteiger partial charge in [-0.15, -0.1) is 0 Å². The molecule has 5 nitrogen and oxygen atoms in total. The number of nitrogens with zero attached hydrogens (tertiary/aromatic N) is 2. The number of hydrogen-bond donors (Lipinski definition) is 0. The van der Waals surface area contributed by atoms with Gasteiger partial charge in [0.2, 0.25) is 0 Å². The lowest BCUT2D eigenvalue weighted by molar-refractivity contribution is -0.120. The molecule has 5 heteroatoms. The van der Waals surface area contributed by atoms with Gasteiger partial charge in [-0.3, -0.25) is 9.59 Å². The van der Waals surface area contributed by atoms with Gasteiger partial charge < -0.3 is 9.64 Å². The Bertz CT molecular complexity index is 1280. The van der Waals surface area contributed by atoms with E-state index in [0.717, 1.165) is 24.0 Å². The number of benzene rings is 3. The molecule has 2 amide bonds. The summed E-state index contributed by atoms with van der Waals surface area (Å²) in [6.45, 7) is 5.83. The van der Waals surface area contributed by atoms with Crippen molar-refractivity contribution in [2.75, 3.05) is 18.1 Å². The first kappa shape index (κ1) is 22.0. The van der Waals surface area contributed by atoms with Crippen molar-refractivity contribution >= 4 is 23.1 Å². The predicted molar refractivity (Wildman–Crippen MR) is 133 cm³/mol. The molecule has 5 rings (SSSR count). The molecule has 0 spiro atoms. The van der Waals surface area contributed by atoms with Gasteiger partial charge >= 0.3 is 0 Å². The standard InChI is InChI=1S/C29H28N2O3/c1-3-18-34-25-11-7-6-10-24(25)31-28(32)26(22-14-12-20(2)13-15-22)27(29(31)33)30-17-16-21-8-4-5-9-23(21)19-30/h4-15H,3,16-19H2,1-2H3. The van der Waals surface area contributed by atoms with Crippen molar-refractivity contribution in [2.24, 2.45) is 0 Å². The van der Waals surface area contributed by atoms with Gasteiger partial charge in [0.05, 0.1) is 17.9 Å². The van der Waals surface area contributed by atoms with Crippen molar-refractivity contribution in [3.63, 3.8) is 0 Å². The Balaban J connectivity index is 1.60. The molecule has 0 N–H and O–H groups in total. The summed E-state index contributed by atoms with van der Waals surface area (Å²) in [7, 11) is 0. The Hall–Kier alpha value is -3.86. The first-order valence-corrected chi connectivity index (χ1v) is 11.8. The Kier molecular flexibility index (Phi) is 5.93. The maximum Gasteiger partial charge on any atom is 0.282 e. The van der Waals surface area contributed by atoms with Crippen LogP contribution in [0.15, 0.2) is 78.5 Å². The van der Waals surface area contributed by atoms with Crippen LogP contribution >= 0.6 is 0 Å². The van der Waals surface area contributed by atoms with Crippen LogP contribution in [0.3, 0.4) is 0 Å². The summed E-state index contributed by atoms with van der Waals surface area (Å²) in [5.41, 5.74) is 5.75. The minimum atomic E-state index is -0.310. The van der Waals surface area contributed by atoms with E-state index in [0.29, 0.717) is 42.4 Å². The number of anilines is 1. The number of carbonyl (C=O) groups is 2. The van der Waals surface area contributed by atoms with E-state index in [1.54, 1.807) is 6.07 Å². The fourth-order valence-electron chi connectivity index (χ4n) is 4.67. The maximum absolute atomic E-state index is 14.0. The smallest absolute Gasteiger partial charge is 0.282 e. The average molecular weight is 453 g/mol. The van der Waals surface area contributed by atoms with Crippen molar-refractivity contribution in [1.29, 1.82) is 0 Å². The van der Waals surface area contributed by atoms with E-state index in [-0.39, 0.29) is 11.8 Å². The highest BCUT2D eigenvalue weighted by Crippen LogP contribution is 2.39. The van der Waals surface area contributed by atoms with Crippen LogP contribution in [-0.4, -0.2) is 29.9 Å². The molecule has 172 valence electrons. The van der Waals surface area contributed by atoms with E-state index < -0.39 is 0 Å². The van der Waals surface area contributed by atoms with E-state index in [9.17, 15) is 9.59 Å². The van der Waals surface area contributed by atoms with Crippen LogP contribution in [0.1, 0.15) is 35.6 Å². The van der Waals surface area contributed by atoms with E-state index in [1.165, 1.54) is 16.0 Å². The lowest BCUT2D eigenvalue weighted by atomic mass is 9.97. The molecular weight excluding hydrogens is 424 g/mol. The zero-order chi connectivity index (χ0) is 23.7. The topological polar surface area (TPSA) is 49.9 Å². The zero-order valence-electron chi connectivity index (χ0n) is 19.6. The van der Waals surface area contributed by atoms with Crippen molar-refractivity contribution in [3.8, 4) is 5.75 Å². The lowest BCUT2D eigenvalue weighted by Gasteiger charge is -2.31. The molecule has 0 saturated carbocycles. The maximum atomic E-state index is 14.0. The highest BCUT2D eigenvalue weighted by molar-refractivity contribution is 6.45. The van der Waals surface area contributed by atoms with Gasteiger partial charge in [-0.25, -0.2) is 4.90 Å². The van der Waals surface area contributed by atoms with Gasteiger partial charge in [0.25, 0.3) is 11.8 Å². The van der Waals surface area contributed by atoms with Gasteiger partial charge in [-0.05, 0) is 48.6 Å². The molecule has 3 aromatic rings. The van der Waals surface area contributed by atoms with Crippen molar-refractivity contribution in [2.45, 2.75) is 33.2 Å². The minimum absolute atomic E-state index is 0.299. The number of imide groups is 1. The SMILES string of the molecule is CCCOc1ccccc1N1C(=O)C(c2ccc(C)cc2)=C(N2CCc3ccccc3C2)C1=O. The van der Waals surface area contributed by atoms with Crippen LogP contribution < -0.4 is 9.64 Å². The summed E-state index contributed by atoms with van der Waals surface area (Å²) in [5, 5.41) is 0. The average Bonchev–Trinajstić information content (AvgIpc) is 3.12. The Morgan fingerprint density at radius 1 is 0.853 bits per heavy atom. The third kappa shape index (κ3) is 3.87. The Morgan fingerprint density at radius 3 is 2.32 bits per heavy atom. The Labute approximate surface area is 200 Å². The van der Waals surface area contributed by atoms with Gasteiger partial charge in [0.1, 0.15) is 11.4 Å². The molecular formula is C29H28N2O3. The summed E-state index contributed by atoms with van der Waals surface area (Å²) in [5.74, 6) is -0.0673. The summed E-state index contributed by atoms with van der Waals surface area (Å²) in [4.78, 5) is 31.2. The van der Waals surface area contributed by atoms with E-state index in [1.807, 2.05) is 68.4 Å². The molecule has 0 saturated heterocycles. The highest BCUT2D eigenvalue weighted by atomic mass is 16.5. The summed E-state index contributed by atoms with van der Waals surface area (Å²) < 4.78 is 5.90. The normalized spacial score (nSPS) is 15.7. The van der Waals surface area contributed by atoms with Crippen LogP contribution in [0.2, 0.25) is 0 Å². The van der Waals surface area contributed by atoms with Crippen LogP contribution in [0.4, 0.5) is 5.69 Å². The molecule has 3 aromatic carbocycles. The van der Waals surface area contributed by atoms with E-state index >= 15 is 0 Å². The second-order valence-electron chi connectivity index (χ2n) is 8.79. The molecule has 0 radical (unpaired) electrons. The number of ether oxygens (including phenoxy) is 1. The lowest BCUT2D eigenvalue weighted by Crippen LogP contribution is -2.37. The number of fused-ring (bicyclic) bond motifs is 1. The Morgan fingerprint density at radius 2 is 1.56 bits per heavy atom. The van der Waals surface area contributed by atoms with Gasteiger partial charge in [-0.1, -0.05) is 73.2 Å². The van der Waals surface area contributed by atoms with Crippen LogP contribution in [0, 0.1) is 6.92 Å². The summed E-state index contributed by atoms with van der Waals surface area (Å²) in [6, 6.07) is 23.4. The molecule has 0 atom stereocenters. The molecule has 2 aliphatic rings. The monoisotopic (exact) mass is 452 g/mol. The molecule has 0 unspecified atom stereocenters. The first-order chi connectivity index (χ1) is 16.6. The van der Waals surface area contributed by atoms with Crippen LogP contribution in [-0.2, 0) is 22.6 Å². The second-order valence-corrected chi connectivity index (χ2v) is 8.79. The van der Waals surface area contributed by atoms with Crippen LogP contribution in [0.5, 0.6) is 5.75 Å². The molecule has 2 aliphatic heterocycles. The van der Waals surface area contributed by atoms with Gasteiger partial charge in [0, 0.05) is 13.1 Å². The zero-order valence-corrected chi connectivity index (χ0v) is 19.6. The number of rotatable bonds is 6. The molecule has 0 bridgehead atoms. The second kappa shape index (κ2) is 9.18. The van der Waals surface area contributed by atoms with Crippen LogP contribution in [0.25, 0.3) is 5.57 Å². The quantitative estimate of drug-likeness (QED) is 0.487. The third-order valence-electron chi connectivity index (χ3n) is 6.41. The number of aryl methyl sites for hydroxylation is 1. The largest absolute Gasteiger partial charge is 0.491 e. The van der Waals surface area contributed by atoms with Crippen molar-refractivity contribution in [1.82, 2.24) is 4.90 Å². The fourth-order valence-corrected chi connectivity index (χ4v) is 4.67. The predicted octanol–water partition coefficient (Wildman–Crippen LogP) is 5.13. The fraction of sp³-hybridized carbons (Fsp3) is 0.241. The van der Waals surface area contributed by atoms with Crippen molar-refractivity contribution in [3.05, 3.63) is 101 Å². The van der Waals surface area contributed by atoms with E-state index in [4.69, 9.17) is 4.74 Å². The van der Waals surface area contributed by atoms with E-state index in [2.05, 4.69) is 17.0 Å². The molecule has 0 aromatic heterocycles. The molecule has 34 heavy (non-hydrogen) atoms.